The third-order valence-corrected chi connectivity index (χ3v) is 9.94. The Morgan fingerprint density at radius 2 is 0.654 bits per heavy atom. The van der Waals surface area contributed by atoms with Crippen LogP contribution >= 0.6 is 0 Å². The second kappa shape index (κ2) is 13.5. The van der Waals surface area contributed by atoms with Crippen LogP contribution in [0.3, 0.4) is 0 Å². The predicted molar refractivity (Wildman–Crippen MR) is 218 cm³/mol. The van der Waals surface area contributed by atoms with Crippen molar-refractivity contribution >= 4 is 38.6 Å². The van der Waals surface area contributed by atoms with Crippen molar-refractivity contribution < 1.29 is 4.39 Å². The number of hydrogen-bond acceptors (Lipinski definition) is 1. The Labute approximate surface area is 303 Å². The van der Waals surface area contributed by atoms with Crippen LogP contribution < -0.4 is 4.90 Å². The summed E-state index contributed by atoms with van der Waals surface area (Å²) in [4.78, 5) is 2.18. The Balaban J connectivity index is 1.13. The zero-order valence-electron chi connectivity index (χ0n) is 28.5. The van der Waals surface area contributed by atoms with Crippen LogP contribution in [0, 0.1) is 5.82 Å². The third-order valence-electron chi connectivity index (χ3n) is 9.94. The summed E-state index contributed by atoms with van der Waals surface area (Å²) >= 11 is 0. The topological polar surface area (TPSA) is 3.24 Å². The van der Waals surface area contributed by atoms with Gasteiger partial charge >= 0.3 is 0 Å². The highest BCUT2D eigenvalue weighted by Crippen LogP contribution is 2.42. The van der Waals surface area contributed by atoms with Gasteiger partial charge in [0.1, 0.15) is 5.82 Å². The lowest BCUT2D eigenvalue weighted by atomic mass is 9.89. The van der Waals surface area contributed by atoms with E-state index < -0.39 is 0 Å². The van der Waals surface area contributed by atoms with Crippen molar-refractivity contribution in [1.82, 2.24) is 0 Å². The monoisotopic (exact) mass is 667 g/mol. The maximum atomic E-state index is 14.2. The molecule has 0 aliphatic heterocycles. The van der Waals surface area contributed by atoms with Gasteiger partial charge in [-0.05, 0) is 115 Å². The molecule has 0 atom stereocenters. The molecular formula is C50H34FN. The largest absolute Gasteiger partial charge is 0.311 e. The zero-order chi connectivity index (χ0) is 34.9. The van der Waals surface area contributed by atoms with Crippen molar-refractivity contribution in [2.75, 3.05) is 4.90 Å². The molecule has 0 aliphatic carbocycles. The zero-order valence-corrected chi connectivity index (χ0v) is 28.5. The second-order valence-corrected chi connectivity index (χ2v) is 13.1. The van der Waals surface area contributed by atoms with E-state index in [1.165, 1.54) is 67.1 Å². The lowest BCUT2D eigenvalue weighted by Gasteiger charge is -2.26. The molecule has 0 radical (unpaired) electrons. The molecule has 0 aliphatic rings. The van der Waals surface area contributed by atoms with E-state index >= 15 is 0 Å². The molecule has 0 N–H and O–H groups in total. The normalized spacial score (nSPS) is 11.2. The molecular weight excluding hydrogens is 634 g/mol. The Hall–Kier alpha value is -6.77. The molecule has 0 unspecified atom stereocenters. The quantitative estimate of drug-likeness (QED) is 0.163. The Morgan fingerprint density at radius 3 is 1.08 bits per heavy atom. The molecule has 0 saturated carbocycles. The summed E-state index contributed by atoms with van der Waals surface area (Å²) in [5, 5.41) is 4.88. The van der Waals surface area contributed by atoms with Crippen LogP contribution in [0.5, 0.6) is 0 Å². The van der Waals surface area contributed by atoms with Gasteiger partial charge in [-0.2, -0.15) is 0 Å². The van der Waals surface area contributed by atoms with Crippen LogP contribution in [0.1, 0.15) is 0 Å². The van der Waals surface area contributed by atoms with Crippen LogP contribution in [0.2, 0.25) is 0 Å². The van der Waals surface area contributed by atoms with Crippen molar-refractivity contribution in [3.63, 3.8) is 0 Å². The van der Waals surface area contributed by atoms with Gasteiger partial charge in [-0.3, -0.25) is 0 Å². The van der Waals surface area contributed by atoms with Crippen molar-refractivity contribution in [1.29, 1.82) is 0 Å². The van der Waals surface area contributed by atoms with Gasteiger partial charge in [-0.1, -0.05) is 158 Å². The first-order chi connectivity index (χ1) is 25.7. The highest BCUT2D eigenvalue weighted by Gasteiger charge is 2.17. The first-order valence-corrected chi connectivity index (χ1v) is 17.6. The summed E-state index contributed by atoms with van der Waals surface area (Å²) in [5.41, 5.74) is 12.3. The third kappa shape index (κ3) is 5.81. The average Bonchev–Trinajstić information content (AvgIpc) is 3.22. The molecule has 0 heterocycles. The minimum absolute atomic E-state index is 0.260. The van der Waals surface area contributed by atoms with E-state index in [1.54, 1.807) is 0 Å². The summed E-state index contributed by atoms with van der Waals surface area (Å²) in [5.74, 6) is -0.260. The number of nitrogens with zero attached hydrogens (tertiary/aromatic N) is 1. The van der Waals surface area contributed by atoms with E-state index in [-0.39, 0.29) is 5.82 Å². The van der Waals surface area contributed by atoms with Gasteiger partial charge in [-0.25, -0.2) is 4.39 Å². The number of halogens is 1. The van der Waals surface area contributed by atoms with Gasteiger partial charge in [0.15, 0.2) is 0 Å². The van der Waals surface area contributed by atoms with Gasteiger partial charge in [0.25, 0.3) is 0 Å². The standard InChI is InChI=1S/C50H34FN/c51-41-25-31-44(32-26-41)52(42-27-19-37(20-28-42)47-33-23-35-11-7-9-17-45(35)49(47)39-13-3-1-4-14-39)43-29-21-38(22-30-43)48-34-24-36-12-8-10-18-46(36)50(48)40-15-5-2-6-16-40/h1-34H. The fraction of sp³-hybridized carbons (Fsp3) is 0. The van der Waals surface area contributed by atoms with E-state index in [1.807, 2.05) is 12.1 Å². The Morgan fingerprint density at radius 1 is 0.288 bits per heavy atom. The molecule has 1 nitrogen and oxygen atoms in total. The summed E-state index contributed by atoms with van der Waals surface area (Å²) in [6, 6.07) is 71.4. The number of hydrogen-bond donors (Lipinski definition) is 0. The molecule has 2 heteroatoms. The first-order valence-electron chi connectivity index (χ1n) is 17.6. The lowest BCUT2D eigenvalue weighted by molar-refractivity contribution is 0.628. The summed E-state index contributed by atoms with van der Waals surface area (Å²) in [7, 11) is 0. The molecule has 52 heavy (non-hydrogen) atoms. The van der Waals surface area contributed by atoms with E-state index in [0.717, 1.165) is 28.2 Å². The van der Waals surface area contributed by atoms with Crippen LogP contribution in [0.4, 0.5) is 21.5 Å². The highest BCUT2D eigenvalue weighted by molar-refractivity contribution is 6.05. The number of rotatable bonds is 7. The Bertz CT molecular complexity index is 2480. The minimum atomic E-state index is -0.260. The average molecular weight is 668 g/mol. The molecule has 0 spiro atoms. The van der Waals surface area contributed by atoms with E-state index in [0.29, 0.717) is 0 Å². The number of anilines is 3. The van der Waals surface area contributed by atoms with E-state index in [9.17, 15) is 4.39 Å². The van der Waals surface area contributed by atoms with Crippen molar-refractivity contribution in [2.45, 2.75) is 0 Å². The van der Waals surface area contributed by atoms with Gasteiger partial charge in [0, 0.05) is 17.1 Å². The smallest absolute Gasteiger partial charge is 0.123 e. The molecule has 9 aromatic rings. The Kier molecular flexibility index (Phi) is 8.11. The second-order valence-electron chi connectivity index (χ2n) is 13.1. The van der Waals surface area contributed by atoms with Gasteiger partial charge in [0.2, 0.25) is 0 Å². The molecule has 9 aromatic carbocycles. The summed E-state index contributed by atoms with van der Waals surface area (Å²) in [6.45, 7) is 0. The van der Waals surface area contributed by atoms with Gasteiger partial charge < -0.3 is 4.90 Å². The van der Waals surface area contributed by atoms with Crippen LogP contribution in [-0.2, 0) is 0 Å². The lowest BCUT2D eigenvalue weighted by Crippen LogP contribution is -2.09. The predicted octanol–water partition coefficient (Wildman–Crippen LogP) is 14.3. The maximum Gasteiger partial charge on any atom is 0.123 e. The first kappa shape index (κ1) is 31.2. The van der Waals surface area contributed by atoms with E-state index in [2.05, 4.69) is 187 Å². The van der Waals surface area contributed by atoms with Crippen LogP contribution in [0.25, 0.3) is 66.1 Å². The summed E-state index contributed by atoms with van der Waals surface area (Å²) < 4.78 is 14.2. The van der Waals surface area contributed by atoms with Crippen molar-refractivity contribution in [3.8, 4) is 44.5 Å². The molecule has 0 saturated heterocycles. The molecule has 9 rings (SSSR count). The SMILES string of the molecule is Fc1ccc(N(c2ccc(-c3ccc4ccccc4c3-c3ccccc3)cc2)c2ccc(-c3ccc4ccccc4c3-c3ccccc3)cc2)cc1. The molecule has 0 amide bonds. The van der Waals surface area contributed by atoms with Crippen LogP contribution in [0.15, 0.2) is 206 Å². The number of benzene rings is 9. The number of fused-ring (bicyclic) bond motifs is 2. The van der Waals surface area contributed by atoms with E-state index in [4.69, 9.17) is 0 Å². The molecule has 0 fully saturated rings. The van der Waals surface area contributed by atoms with Crippen molar-refractivity contribution in [3.05, 3.63) is 212 Å². The molecule has 0 aromatic heterocycles. The summed E-state index contributed by atoms with van der Waals surface area (Å²) in [6.07, 6.45) is 0. The van der Waals surface area contributed by atoms with Crippen molar-refractivity contribution in [2.24, 2.45) is 0 Å². The fourth-order valence-corrected chi connectivity index (χ4v) is 7.47. The van der Waals surface area contributed by atoms with Crippen LogP contribution in [-0.4, -0.2) is 0 Å². The maximum absolute atomic E-state index is 14.2. The minimum Gasteiger partial charge on any atom is -0.311 e. The fourth-order valence-electron chi connectivity index (χ4n) is 7.47. The molecule has 0 bridgehead atoms. The highest BCUT2D eigenvalue weighted by atomic mass is 19.1. The van der Waals surface area contributed by atoms with Gasteiger partial charge in [-0.15, -0.1) is 0 Å². The van der Waals surface area contributed by atoms with Gasteiger partial charge in [0.05, 0.1) is 0 Å². The molecule has 246 valence electrons.